The van der Waals surface area contributed by atoms with Gasteiger partial charge in [-0.3, -0.25) is 4.98 Å². The predicted molar refractivity (Wildman–Crippen MR) is 132 cm³/mol. The Labute approximate surface area is 201 Å². The summed E-state index contributed by atoms with van der Waals surface area (Å²) in [5.74, 6) is -0.133. The number of hydrogen-bond donors (Lipinski definition) is 1. The van der Waals surface area contributed by atoms with Crippen LogP contribution < -0.4 is 0 Å². The Kier molecular flexibility index (Phi) is 6.05. The molecule has 1 saturated carbocycles. The van der Waals surface area contributed by atoms with Crippen LogP contribution in [0.15, 0.2) is 48.5 Å². The molecule has 3 aromatic rings. The van der Waals surface area contributed by atoms with Gasteiger partial charge in [0.05, 0.1) is 11.8 Å². The zero-order valence-electron chi connectivity index (χ0n) is 20.2. The third-order valence-electron chi connectivity index (χ3n) is 7.60. The Morgan fingerprint density at radius 1 is 1.00 bits per heavy atom. The molecule has 0 aliphatic heterocycles. The van der Waals surface area contributed by atoms with Gasteiger partial charge in [-0.1, -0.05) is 68.7 Å². The van der Waals surface area contributed by atoms with Gasteiger partial charge in [0.1, 0.15) is 5.82 Å². The van der Waals surface area contributed by atoms with Crippen molar-refractivity contribution in [3.63, 3.8) is 0 Å². The standard InChI is InChI=1S/C30H33F2NO/c1-18-8-10-20(11-9-18)28(32)27-25(19-12-14-22(31)15-13-19)26-23(16-30(2,3)17-24(26)34)33-29(27)21-6-4-5-7-21/h8-15,21,24,28,34H,4-7,16-17H2,1-3H3. The van der Waals surface area contributed by atoms with Crippen molar-refractivity contribution in [1.82, 2.24) is 4.98 Å². The third-order valence-corrected chi connectivity index (χ3v) is 7.60. The van der Waals surface area contributed by atoms with Crippen molar-refractivity contribution >= 4 is 0 Å². The monoisotopic (exact) mass is 461 g/mol. The number of rotatable bonds is 4. The molecule has 1 heterocycles. The van der Waals surface area contributed by atoms with Crippen LogP contribution in [0.1, 0.15) is 97.8 Å². The van der Waals surface area contributed by atoms with Crippen molar-refractivity contribution in [2.24, 2.45) is 5.41 Å². The van der Waals surface area contributed by atoms with Gasteiger partial charge in [-0.05, 0) is 66.8 Å². The number of hydrogen-bond acceptors (Lipinski definition) is 2. The molecule has 2 aliphatic rings. The second kappa shape index (κ2) is 8.88. The topological polar surface area (TPSA) is 33.1 Å². The summed E-state index contributed by atoms with van der Waals surface area (Å²) in [6, 6.07) is 13.8. The number of benzene rings is 2. The molecule has 1 aromatic heterocycles. The van der Waals surface area contributed by atoms with E-state index in [4.69, 9.17) is 4.98 Å². The van der Waals surface area contributed by atoms with Gasteiger partial charge < -0.3 is 5.11 Å². The van der Waals surface area contributed by atoms with Crippen molar-refractivity contribution in [3.05, 3.63) is 88.0 Å². The van der Waals surface area contributed by atoms with E-state index in [2.05, 4.69) is 13.8 Å². The molecule has 2 aromatic carbocycles. The van der Waals surface area contributed by atoms with E-state index in [1.165, 1.54) is 12.1 Å². The molecule has 2 atom stereocenters. The molecule has 0 spiro atoms. The van der Waals surface area contributed by atoms with E-state index in [1.54, 1.807) is 12.1 Å². The Morgan fingerprint density at radius 2 is 1.65 bits per heavy atom. The van der Waals surface area contributed by atoms with Crippen molar-refractivity contribution in [2.75, 3.05) is 0 Å². The Morgan fingerprint density at radius 3 is 2.29 bits per heavy atom. The van der Waals surface area contributed by atoms with Gasteiger partial charge in [-0.15, -0.1) is 0 Å². The van der Waals surface area contributed by atoms with Crippen molar-refractivity contribution in [2.45, 2.75) is 77.5 Å². The maximum absolute atomic E-state index is 16.6. The van der Waals surface area contributed by atoms with Gasteiger partial charge in [0.2, 0.25) is 0 Å². The quantitative estimate of drug-likeness (QED) is 0.428. The van der Waals surface area contributed by atoms with Crippen LogP contribution in [0.3, 0.4) is 0 Å². The summed E-state index contributed by atoms with van der Waals surface area (Å²) in [6.07, 6.45) is 3.41. The fourth-order valence-electron chi connectivity index (χ4n) is 5.92. The first-order valence-electron chi connectivity index (χ1n) is 12.4. The molecule has 0 bridgehead atoms. The summed E-state index contributed by atoms with van der Waals surface area (Å²) in [6.45, 7) is 6.28. The largest absolute Gasteiger partial charge is 0.388 e. The van der Waals surface area contributed by atoms with Gasteiger partial charge in [0.15, 0.2) is 6.17 Å². The fraction of sp³-hybridized carbons (Fsp3) is 0.433. The average molecular weight is 462 g/mol. The first-order chi connectivity index (χ1) is 16.2. The summed E-state index contributed by atoms with van der Waals surface area (Å²) in [5.41, 5.74) is 5.98. The zero-order valence-corrected chi connectivity index (χ0v) is 20.2. The summed E-state index contributed by atoms with van der Waals surface area (Å²) >= 11 is 0. The van der Waals surface area contributed by atoms with E-state index in [9.17, 15) is 9.50 Å². The zero-order chi connectivity index (χ0) is 24.0. The van der Waals surface area contributed by atoms with Crippen LogP contribution in [-0.4, -0.2) is 10.1 Å². The summed E-state index contributed by atoms with van der Waals surface area (Å²) in [4.78, 5) is 5.14. The lowest BCUT2D eigenvalue weighted by molar-refractivity contribution is 0.0983. The Balaban J connectivity index is 1.82. The highest BCUT2D eigenvalue weighted by Gasteiger charge is 2.39. The SMILES string of the molecule is Cc1ccc(C(F)c2c(C3CCCC3)nc3c(c2-c2ccc(F)cc2)C(O)CC(C)(C)C3)cc1. The highest BCUT2D eigenvalue weighted by molar-refractivity contribution is 5.75. The second-order valence-electron chi connectivity index (χ2n) is 11.0. The molecule has 1 N–H and O–H groups in total. The van der Waals surface area contributed by atoms with Crippen LogP contribution in [0.25, 0.3) is 11.1 Å². The van der Waals surface area contributed by atoms with Crippen molar-refractivity contribution < 1.29 is 13.9 Å². The summed E-state index contributed by atoms with van der Waals surface area (Å²) in [7, 11) is 0. The lowest BCUT2D eigenvalue weighted by Crippen LogP contribution is -2.29. The number of fused-ring (bicyclic) bond motifs is 1. The van der Waals surface area contributed by atoms with E-state index in [0.717, 1.165) is 60.2 Å². The molecule has 2 aliphatic carbocycles. The third kappa shape index (κ3) is 4.29. The van der Waals surface area contributed by atoms with Crippen LogP contribution >= 0.6 is 0 Å². The summed E-state index contributed by atoms with van der Waals surface area (Å²) < 4.78 is 30.5. The lowest BCUT2D eigenvalue weighted by atomic mass is 9.71. The molecule has 4 heteroatoms. The molecule has 178 valence electrons. The lowest BCUT2D eigenvalue weighted by Gasteiger charge is -2.37. The smallest absolute Gasteiger partial charge is 0.153 e. The average Bonchev–Trinajstić information content (AvgIpc) is 3.32. The number of aryl methyl sites for hydroxylation is 1. The number of aliphatic hydroxyl groups is 1. The fourth-order valence-corrected chi connectivity index (χ4v) is 5.92. The Hall–Kier alpha value is -2.59. The molecule has 2 unspecified atom stereocenters. The minimum absolute atomic E-state index is 0.0972. The van der Waals surface area contributed by atoms with Crippen molar-refractivity contribution in [3.8, 4) is 11.1 Å². The van der Waals surface area contributed by atoms with Gasteiger partial charge in [-0.25, -0.2) is 8.78 Å². The van der Waals surface area contributed by atoms with Gasteiger partial charge in [-0.2, -0.15) is 0 Å². The molecule has 5 rings (SSSR count). The molecule has 1 fully saturated rings. The van der Waals surface area contributed by atoms with E-state index >= 15 is 4.39 Å². The van der Waals surface area contributed by atoms with E-state index in [1.807, 2.05) is 31.2 Å². The molecular weight excluding hydrogens is 428 g/mol. The number of aromatic nitrogens is 1. The Bertz CT molecular complexity index is 1180. The van der Waals surface area contributed by atoms with Crippen LogP contribution in [0.4, 0.5) is 8.78 Å². The highest BCUT2D eigenvalue weighted by Crippen LogP contribution is 2.50. The molecule has 0 amide bonds. The van der Waals surface area contributed by atoms with Crippen LogP contribution in [0.5, 0.6) is 0 Å². The number of alkyl halides is 1. The summed E-state index contributed by atoms with van der Waals surface area (Å²) in [5, 5.41) is 11.3. The predicted octanol–water partition coefficient (Wildman–Crippen LogP) is 7.92. The maximum Gasteiger partial charge on any atom is 0.153 e. The molecule has 34 heavy (non-hydrogen) atoms. The number of nitrogens with zero attached hydrogens (tertiary/aromatic N) is 1. The molecular formula is C30H33F2NO. The van der Waals surface area contributed by atoms with Gasteiger partial charge >= 0.3 is 0 Å². The van der Waals surface area contributed by atoms with Gasteiger partial charge in [0, 0.05) is 22.7 Å². The molecule has 0 saturated heterocycles. The van der Waals surface area contributed by atoms with Crippen LogP contribution in [0, 0.1) is 18.2 Å². The molecule has 0 radical (unpaired) electrons. The van der Waals surface area contributed by atoms with Gasteiger partial charge in [0.25, 0.3) is 0 Å². The molecule has 2 nitrogen and oxygen atoms in total. The maximum atomic E-state index is 16.6. The minimum Gasteiger partial charge on any atom is -0.388 e. The van der Waals surface area contributed by atoms with Crippen molar-refractivity contribution in [1.29, 1.82) is 0 Å². The minimum atomic E-state index is -1.38. The highest BCUT2D eigenvalue weighted by atomic mass is 19.1. The first-order valence-corrected chi connectivity index (χ1v) is 12.4. The van der Waals surface area contributed by atoms with E-state index in [0.29, 0.717) is 23.1 Å². The number of aliphatic hydroxyl groups excluding tert-OH is 1. The number of pyridine rings is 1. The van der Waals surface area contributed by atoms with Crippen LogP contribution in [-0.2, 0) is 6.42 Å². The second-order valence-corrected chi connectivity index (χ2v) is 11.0. The number of halogens is 2. The first kappa shape index (κ1) is 23.2. The van der Waals surface area contributed by atoms with E-state index in [-0.39, 0.29) is 17.2 Å². The normalized spacial score (nSPS) is 20.8. The van der Waals surface area contributed by atoms with E-state index < -0.39 is 12.3 Å². The van der Waals surface area contributed by atoms with Crippen LogP contribution in [0.2, 0.25) is 0 Å².